The topological polar surface area (TPSA) is 80.5 Å². The highest BCUT2D eigenvalue weighted by atomic mass is 16.6. The summed E-state index contributed by atoms with van der Waals surface area (Å²) in [4.78, 5) is 16.7. The third kappa shape index (κ3) is 4.95. The first kappa shape index (κ1) is 21.1. The third-order valence-corrected chi connectivity index (χ3v) is 6.40. The molecule has 0 atom stereocenters. The van der Waals surface area contributed by atoms with Crippen molar-refractivity contribution < 1.29 is 9.53 Å². The van der Waals surface area contributed by atoms with E-state index in [1.807, 2.05) is 41.3 Å². The van der Waals surface area contributed by atoms with Gasteiger partial charge in [-0.05, 0) is 47.9 Å². The number of carbonyl (C=O) groups excluding carboxylic acids is 1. The third-order valence-electron chi connectivity index (χ3n) is 6.40. The second kappa shape index (κ2) is 9.77. The Hall–Kier alpha value is -3.15. The van der Waals surface area contributed by atoms with Gasteiger partial charge in [0.2, 0.25) is 0 Å². The Labute approximate surface area is 183 Å². The lowest BCUT2D eigenvalue weighted by atomic mass is 9.96. The van der Waals surface area contributed by atoms with E-state index >= 15 is 0 Å². The van der Waals surface area contributed by atoms with E-state index in [1.54, 1.807) is 0 Å². The Morgan fingerprint density at radius 3 is 2.52 bits per heavy atom. The minimum Gasteiger partial charge on any atom is -0.445 e. The molecule has 2 aliphatic rings. The van der Waals surface area contributed by atoms with Gasteiger partial charge >= 0.3 is 6.09 Å². The van der Waals surface area contributed by atoms with Crippen LogP contribution in [0.1, 0.15) is 35.4 Å². The molecule has 2 aromatic carbocycles. The van der Waals surface area contributed by atoms with Crippen LogP contribution < -0.4 is 4.90 Å². The first-order chi connectivity index (χ1) is 15.2. The van der Waals surface area contributed by atoms with Crippen LogP contribution in [0.25, 0.3) is 0 Å². The summed E-state index contributed by atoms with van der Waals surface area (Å²) in [6.45, 7) is 3.84. The van der Waals surface area contributed by atoms with E-state index in [2.05, 4.69) is 17.0 Å². The predicted octanol–water partition coefficient (Wildman–Crippen LogP) is 4.48. The van der Waals surface area contributed by atoms with Crippen LogP contribution in [0.4, 0.5) is 10.5 Å². The number of amides is 1. The molecule has 0 bridgehead atoms. The first-order valence-electron chi connectivity index (χ1n) is 11.0. The Bertz CT molecular complexity index is 914. The number of hydrogen-bond acceptors (Lipinski definition) is 5. The normalized spacial score (nSPS) is 17.2. The average molecular weight is 419 g/mol. The van der Waals surface area contributed by atoms with E-state index in [0.717, 1.165) is 56.6 Å². The largest absolute Gasteiger partial charge is 0.445 e. The summed E-state index contributed by atoms with van der Waals surface area (Å²) < 4.78 is 5.48. The van der Waals surface area contributed by atoms with Gasteiger partial charge in [-0.3, -0.25) is 0 Å². The van der Waals surface area contributed by atoms with Crippen LogP contribution in [0.2, 0.25) is 0 Å². The number of nitrogens with zero attached hydrogens (tertiary/aromatic N) is 2. The van der Waals surface area contributed by atoms with Crippen LogP contribution >= 0.6 is 0 Å². The lowest BCUT2D eigenvalue weighted by Crippen LogP contribution is -2.41. The summed E-state index contributed by atoms with van der Waals surface area (Å²) in [6, 6.07) is 16.1. The van der Waals surface area contributed by atoms with Crippen molar-refractivity contribution in [3.63, 3.8) is 0 Å². The zero-order valence-electron chi connectivity index (χ0n) is 17.8. The quantitative estimate of drug-likeness (QED) is 0.651. The number of fused-ring (bicyclic) bond motifs is 1. The molecule has 162 valence electrons. The Morgan fingerprint density at radius 2 is 1.81 bits per heavy atom. The Kier molecular flexibility index (Phi) is 6.65. The molecule has 0 unspecified atom stereocenters. The number of piperidine rings is 1. The van der Waals surface area contributed by atoms with Crippen molar-refractivity contribution in [1.82, 2.24) is 4.90 Å². The molecule has 1 fully saturated rings. The zero-order valence-corrected chi connectivity index (χ0v) is 17.8. The zero-order chi connectivity index (χ0) is 21.6. The lowest BCUT2D eigenvalue weighted by Gasteiger charge is -2.34. The smallest absolute Gasteiger partial charge is 0.410 e. The minimum absolute atomic E-state index is 0.215. The van der Waals surface area contributed by atoms with Crippen LogP contribution in [-0.2, 0) is 17.8 Å². The van der Waals surface area contributed by atoms with E-state index < -0.39 is 0 Å². The van der Waals surface area contributed by atoms with Crippen molar-refractivity contribution in [3.05, 3.63) is 65.2 Å². The molecule has 0 aromatic heterocycles. The molecule has 2 aromatic rings. The number of likely N-dealkylation sites (tertiary alicyclic amines) is 1. The van der Waals surface area contributed by atoms with E-state index in [4.69, 9.17) is 15.6 Å². The number of carbonyl (C=O) groups is 1. The van der Waals surface area contributed by atoms with E-state index in [-0.39, 0.29) is 12.0 Å². The van der Waals surface area contributed by atoms with E-state index in [1.165, 1.54) is 23.7 Å². The van der Waals surface area contributed by atoms with Gasteiger partial charge in [-0.15, -0.1) is 0 Å². The van der Waals surface area contributed by atoms with Gasteiger partial charge < -0.3 is 25.4 Å². The molecule has 0 radical (unpaired) electrons. The van der Waals surface area contributed by atoms with Crippen molar-refractivity contribution in [2.45, 2.75) is 31.8 Å². The van der Waals surface area contributed by atoms with Gasteiger partial charge in [-0.1, -0.05) is 42.5 Å². The second-order valence-electron chi connectivity index (χ2n) is 8.41. The SMILES string of the molecule is N=CC(C=N)c1ccc2c(c1)CCN2CC1CCN(C(=O)OCc2ccccc2)CC1. The maximum Gasteiger partial charge on any atom is 0.410 e. The van der Waals surface area contributed by atoms with E-state index in [0.29, 0.717) is 12.5 Å². The summed E-state index contributed by atoms with van der Waals surface area (Å²) in [6.07, 6.45) is 5.42. The lowest BCUT2D eigenvalue weighted by molar-refractivity contribution is 0.0828. The van der Waals surface area contributed by atoms with Gasteiger partial charge in [0, 0.05) is 44.3 Å². The van der Waals surface area contributed by atoms with Gasteiger partial charge in [0.1, 0.15) is 6.61 Å². The van der Waals surface area contributed by atoms with Crippen LogP contribution in [0.15, 0.2) is 48.5 Å². The summed E-state index contributed by atoms with van der Waals surface area (Å²) in [7, 11) is 0. The second-order valence-corrected chi connectivity index (χ2v) is 8.41. The summed E-state index contributed by atoms with van der Waals surface area (Å²) in [5.41, 5.74) is 4.62. The fourth-order valence-electron chi connectivity index (χ4n) is 4.55. The number of anilines is 1. The Balaban J connectivity index is 1.27. The summed E-state index contributed by atoms with van der Waals surface area (Å²) >= 11 is 0. The molecule has 1 saturated heterocycles. The fourth-order valence-corrected chi connectivity index (χ4v) is 4.55. The van der Waals surface area contributed by atoms with Crippen molar-refractivity contribution in [1.29, 1.82) is 10.8 Å². The molecule has 2 aliphatic heterocycles. The number of benzene rings is 2. The van der Waals surface area contributed by atoms with Crippen LogP contribution in [0.5, 0.6) is 0 Å². The van der Waals surface area contributed by atoms with Crippen molar-refractivity contribution in [2.24, 2.45) is 5.92 Å². The van der Waals surface area contributed by atoms with Gasteiger partial charge in [0.25, 0.3) is 0 Å². The number of rotatable bonds is 7. The first-order valence-corrected chi connectivity index (χ1v) is 11.0. The molecular formula is C25H30N4O2. The fraction of sp³-hybridized carbons (Fsp3) is 0.400. The molecule has 6 heteroatoms. The van der Waals surface area contributed by atoms with E-state index in [9.17, 15) is 4.79 Å². The van der Waals surface area contributed by atoms with Crippen molar-refractivity contribution in [2.75, 3.05) is 31.1 Å². The monoisotopic (exact) mass is 418 g/mol. The molecule has 0 aliphatic carbocycles. The van der Waals surface area contributed by atoms with Crippen molar-refractivity contribution >= 4 is 24.2 Å². The average Bonchev–Trinajstić information content (AvgIpc) is 3.21. The molecular weight excluding hydrogens is 388 g/mol. The molecule has 2 N–H and O–H groups in total. The van der Waals surface area contributed by atoms with Gasteiger partial charge in [0.15, 0.2) is 0 Å². The molecule has 31 heavy (non-hydrogen) atoms. The molecule has 1 amide bonds. The molecule has 2 heterocycles. The van der Waals surface area contributed by atoms with Crippen LogP contribution in [-0.4, -0.2) is 49.6 Å². The molecule has 4 rings (SSSR count). The number of hydrogen-bond donors (Lipinski definition) is 2. The van der Waals surface area contributed by atoms with Crippen LogP contribution in [0, 0.1) is 16.7 Å². The highest BCUT2D eigenvalue weighted by Crippen LogP contribution is 2.32. The van der Waals surface area contributed by atoms with Crippen LogP contribution in [0.3, 0.4) is 0 Å². The maximum atomic E-state index is 12.4. The summed E-state index contributed by atoms with van der Waals surface area (Å²) in [5, 5.41) is 15.0. The minimum atomic E-state index is -0.231. The number of ether oxygens (including phenoxy) is 1. The summed E-state index contributed by atoms with van der Waals surface area (Å²) in [5.74, 6) is 0.338. The predicted molar refractivity (Wildman–Crippen MR) is 124 cm³/mol. The van der Waals surface area contributed by atoms with Gasteiger partial charge in [0.05, 0.1) is 5.92 Å². The van der Waals surface area contributed by atoms with Gasteiger partial charge in [-0.2, -0.15) is 0 Å². The standard InChI is InChI=1S/C25H30N4O2/c26-15-23(16-27)21-6-7-24-22(14-21)10-13-29(24)17-19-8-11-28(12-9-19)25(30)31-18-20-4-2-1-3-5-20/h1-7,14-16,19,23,26-27H,8-13,17-18H2. The maximum absolute atomic E-state index is 12.4. The molecule has 0 spiro atoms. The van der Waals surface area contributed by atoms with Gasteiger partial charge in [-0.25, -0.2) is 4.79 Å². The molecule has 6 nitrogen and oxygen atoms in total. The highest BCUT2D eigenvalue weighted by Gasteiger charge is 2.28. The Morgan fingerprint density at radius 1 is 1.06 bits per heavy atom. The molecule has 0 saturated carbocycles. The highest BCUT2D eigenvalue weighted by molar-refractivity contribution is 5.88. The number of nitrogens with one attached hydrogen (secondary N) is 2. The van der Waals surface area contributed by atoms with Crippen molar-refractivity contribution in [3.8, 4) is 0 Å².